The van der Waals surface area contributed by atoms with Gasteiger partial charge >= 0.3 is 0 Å². The topological polar surface area (TPSA) is 22.0 Å². The molecule has 0 amide bonds. The van der Waals surface area contributed by atoms with E-state index in [0.717, 1.165) is 35.0 Å². The Balaban J connectivity index is 2.43. The molecule has 1 aromatic heterocycles. The van der Waals surface area contributed by atoms with E-state index in [0.29, 0.717) is 0 Å². The lowest BCUT2D eigenvalue weighted by molar-refractivity contribution is 0.549. The summed E-state index contributed by atoms with van der Waals surface area (Å²) in [6.45, 7) is 2.13. The summed E-state index contributed by atoms with van der Waals surface area (Å²) in [6, 6.07) is 18.2. The first-order valence-corrected chi connectivity index (χ1v) is 6.49. The SMILES string of the molecule is CCc1c(-c2ccccc2)n(C=O)c2ccccc12. The number of para-hydroxylation sites is 1. The number of carbonyl (C=O) groups is 1. The minimum Gasteiger partial charge on any atom is -0.282 e. The van der Waals surface area contributed by atoms with E-state index in [-0.39, 0.29) is 0 Å². The number of aromatic nitrogens is 1. The van der Waals surface area contributed by atoms with Crippen LogP contribution in [0.15, 0.2) is 54.6 Å². The molecule has 3 aromatic rings. The summed E-state index contributed by atoms with van der Waals surface area (Å²) < 4.78 is 1.75. The van der Waals surface area contributed by atoms with Crippen molar-refractivity contribution < 1.29 is 4.79 Å². The number of carbonyl (C=O) groups excluding carboxylic acids is 1. The highest BCUT2D eigenvalue weighted by molar-refractivity contribution is 5.96. The molecule has 0 aliphatic carbocycles. The van der Waals surface area contributed by atoms with Gasteiger partial charge in [0, 0.05) is 5.39 Å². The fourth-order valence-electron chi connectivity index (χ4n) is 2.71. The molecule has 0 aliphatic rings. The Kier molecular flexibility index (Phi) is 2.92. The maximum Gasteiger partial charge on any atom is 0.218 e. The fourth-order valence-corrected chi connectivity index (χ4v) is 2.71. The second-order valence-electron chi connectivity index (χ2n) is 4.54. The maximum atomic E-state index is 11.5. The monoisotopic (exact) mass is 249 g/mol. The van der Waals surface area contributed by atoms with E-state index < -0.39 is 0 Å². The van der Waals surface area contributed by atoms with Gasteiger partial charge in [0.25, 0.3) is 0 Å². The zero-order valence-electron chi connectivity index (χ0n) is 10.8. The Hall–Kier alpha value is -2.35. The summed E-state index contributed by atoms with van der Waals surface area (Å²) in [5.41, 5.74) is 4.31. The van der Waals surface area contributed by atoms with Crippen LogP contribution in [0.2, 0.25) is 0 Å². The highest BCUT2D eigenvalue weighted by atomic mass is 16.1. The van der Waals surface area contributed by atoms with Gasteiger partial charge in [0.05, 0.1) is 11.2 Å². The highest BCUT2D eigenvalue weighted by Gasteiger charge is 2.16. The number of hydrogen-bond donors (Lipinski definition) is 0. The first-order valence-electron chi connectivity index (χ1n) is 6.49. The van der Waals surface area contributed by atoms with Crippen molar-refractivity contribution in [2.24, 2.45) is 0 Å². The van der Waals surface area contributed by atoms with E-state index in [2.05, 4.69) is 13.0 Å². The Bertz CT molecular complexity index is 726. The molecule has 19 heavy (non-hydrogen) atoms. The quantitative estimate of drug-likeness (QED) is 0.645. The predicted molar refractivity (Wildman–Crippen MR) is 78.9 cm³/mol. The Labute approximate surface area is 112 Å². The van der Waals surface area contributed by atoms with Gasteiger partial charge < -0.3 is 0 Å². The molecule has 0 radical (unpaired) electrons. The lowest BCUT2D eigenvalue weighted by atomic mass is 10.0. The first kappa shape index (κ1) is 11.7. The molecule has 2 nitrogen and oxygen atoms in total. The smallest absolute Gasteiger partial charge is 0.218 e. The van der Waals surface area contributed by atoms with Gasteiger partial charge in [-0.3, -0.25) is 9.36 Å². The van der Waals surface area contributed by atoms with E-state index in [9.17, 15) is 4.79 Å². The molecule has 2 aromatic carbocycles. The molecule has 0 bridgehead atoms. The van der Waals surface area contributed by atoms with Crippen LogP contribution in [0, 0.1) is 0 Å². The average molecular weight is 249 g/mol. The normalized spacial score (nSPS) is 10.8. The van der Waals surface area contributed by atoms with Gasteiger partial charge in [-0.1, -0.05) is 55.5 Å². The van der Waals surface area contributed by atoms with Crippen molar-refractivity contribution in [2.75, 3.05) is 0 Å². The molecule has 1 heterocycles. The summed E-state index contributed by atoms with van der Waals surface area (Å²) in [5.74, 6) is 0. The number of fused-ring (bicyclic) bond motifs is 1. The highest BCUT2D eigenvalue weighted by Crippen LogP contribution is 2.33. The van der Waals surface area contributed by atoms with Crippen molar-refractivity contribution in [3.05, 3.63) is 60.2 Å². The summed E-state index contributed by atoms with van der Waals surface area (Å²) in [7, 11) is 0. The summed E-state index contributed by atoms with van der Waals surface area (Å²) in [5, 5.41) is 1.16. The molecular weight excluding hydrogens is 234 g/mol. The van der Waals surface area contributed by atoms with Crippen LogP contribution in [-0.2, 0) is 11.2 Å². The third kappa shape index (κ3) is 1.76. The van der Waals surface area contributed by atoms with E-state index in [1.807, 2.05) is 48.5 Å². The van der Waals surface area contributed by atoms with Crippen LogP contribution in [0.1, 0.15) is 12.5 Å². The van der Waals surface area contributed by atoms with E-state index in [1.54, 1.807) is 4.57 Å². The number of nitrogens with zero attached hydrogens (tertiary/aromatic N) is 1. The second-order valence-corrected chi connectivity index (χ2v) is 4.54. The van der Waals surface area contributed by atoms with Crippen molar-refractivity contribution >= 4 is 17.3 Å². The Morgan fingerprint density at radius 1 is 1.00 bits per heavy atom. The van der Waals surface area contributed by atoms with Gasteiger partial charge in [0.1, 0.15) is 0 Å². The van der Waals surface area contributed by atoms with Crippen LogP contribution in [-0.4, -0.2) is 11.0 Å². The number of hydrogen-bond acceptors (Lipinski definition) is 1. The van der Waals surface area contributed by atoms with Crippen molar-refractivity contribution in [3.63, 3.8) is 0 Å². The van der Waals surface area contributed by atoms with Gasteiger partial charge in [-0.05, 0) is 23.6 Å². The summed E-state index contributed by atoms with van der Waals surface area (Å²) >= 11 is 0. The minimum absolute atomic E-state index is 0.907. The molecule has 0 saturated heterocycles. The van der Waals surface area contributed by atoms with Gasteiger partial charge in [0.15, 0.2) is 0 Å². The average Bonchev–Trinajstić information content (AvgIpc) is 2.81. The number of benzene rings is 2. The number of aryl methyl sites for hydroxylation is 1. The van der Waals surface area contributed by atoms with Crippen molar-refractivity contribution in [3.8, 4) is 11.3 Å². The third-order valence-electron chi connectivity index (χ3n) is 3.52. The van der Waals surface area contributed by atoms with Crippen LogP contribution < -0.4 is 0 Å². The Morgan fingerprint density at radius 3 is 2.37 bits per heavy atom. The van der Waals surface area contributed by atoms with E-state index in [1.165, 1.54) is 5.56 Å². The summed E-state index contributed by atoms with van der Waals surface area (Å²) in [6.07, 6.45) is 1.81. The van der Waals surface area contributed by atoms with Gasteiger partial charge in [-0.15, -0.1) is 0 Å². The first-order chi connectivity index (χ1) is 9.36. The van der Waals surface area contributed by atoms with Crippen LogP contribution in [0.4, 0.5) is 0 Å². The largest absolute Gasteiger partial charge is 0.282 e. The zero-order valence-corrected chi connectivity index (χ0v) is 10.8. The number of rotatable bonds is 3. The standard InChI is InChI=1S/C17H15NO/c1-2-14-15-10-6-7-11-16(15)18(12-19)17(14)13-8-4-3-5-9-13/h3-12H,2H2,1H3. The molecule has 2 heteroatoms. The molecule has 0 spiro atoms. The molecule has 0 fully saturated rings. The third-order valence-corrected chi connectivity index (χ3v) is 3.52. The second kappa shape index (κ2) is 4.73. The molecule has 0 aliphatic heterocycles. The van der Waals surface area contributed by atoms with Crippen LogP contribution in [0.3, 0.4) is 0 Å². The van der Waals surface area contributed by atoms with Crippen LogP contribution >= 0.6 is 0 Å². The van der Waals surface area contributed by atoms with Crippen molar-refractivity contribution in [2.45, 2.75) is 13.3 Å². The molecule has 0 atom stereocenters. The lowest BCUT2D eigenvalue weighted by Gasteiger charge is -2.05. The predicted octanol–water partition coefficient (Wildman–Crippen LogP) is 3.91. The minimum atomic E-state index is 0.907. The van der Waals surface area contributed by atoms with Crippen LogP contribution in [0.25, 0.3) is 22.2 Å². The molecule has 0 unspecified atom stereocenters. The zero-order chi connectivity index (χ0) is 13.2. The Morgan fingerprint density at radius 2 is 1.68 bits per heavy atom. The molecule has 0 N–H and O–H groups in total. The van der Waals surface area contributed by atoms with Crippen LogP contribution in [0.5, 0.6) is 0 Å². The molecule has 3 rings (SSSR count). The van der Waals surface area contributed by atoms with Gasteiger partial charge in [-0.25, -0.2) is 0 Å². The fraction of sp³-hybridized carbons (Fsp3) is 0.118. The molecular formula is C17H15NO. The van der Waals surface area contributed by atoms with Crippen molar-refractivity contribution in [1.82, 2.24) is 4.57 Å². The van der Waals surface area contributed by atoms with E-state index >= 15 is 0 Å². The van der Waals surface area contributed by atoms with Gasteiger partial charge in [-0.2, -0.15) is 0 Å². The molecule has 0 saturated carbocycles. The molecule has 94 valence electrons. The summed E-state index contributed by atoms with van der Waals surface area (Å²) in [4.78, 5) is 11.5. The van der Waals surface area contributed by atoms with Crippen molar-refractivity contribution in [1.29, 1.82) is 0 Å². The lowest BCUT2D eigenvalue weighted by Crippen LogP contribution is -1.98. The van der Waals surface area contributed by atoms with E-state index in [4.69, 9.17) is 0 Å². The van der Waals surface area contributed by atoms with Gasteiger partial charge in [0.2, 0.25) is 6.41 Å². The maximum absolute atomic E-state index is 11.5.